The fourth-order valence-electron chi connectivity index (χ4n) is 3.51. The van der Waals surface area contributed by atoms with E-state index in [1.165, 1.54) is 24.3 Å². The van der Waals surface area contributed by atoms with E-state index in [1.54, 1.807) is 30.9 Å². The first-order chi connectivity index (χ1) is 15.6. The second-order valence-electron chi connectivity index (χ2n) is 8.85. The highest BCUT2D eigenvalue weighted by atomic mass is 19.1. The van der Waals surface area contributed by atoms with E-state index in [0.29, 0.717) is 41.4 Å². The number of amides is 2. The number of nitrogens with zero attached hydrogens (tertiary/aromatic N) is 2. The van der Waals surface area contributed by atoms with E-state index in [-0.39, 0.29) is 23.8 Å². The predicted octanol–water partition coefficient (Wildman–Crippen LogP) is 4.31. The quantitative estimate of drug-likeness (QED) is 0.530. The van der Waals surface area contributed by atoms with Gasteiger partial charge in [0.05, 0.1) is 5.69 Å². The lowest BCUT2D eigenvalue weighted by atomic mass is 9.92. The Morgan fingerprint density at radius 3 is 2.39 bits per heavy atom. The minimum absolute atomic E-state index is 0.215. The van der Waals surface area contributed by atoms with Gasteiger partial charge in [0.1, 0.15) is 17.1 Å². The Morgan fingerprint density at radius 1 is 1.12 bits per heavy atom. The van der Waals surface area contributed by atoms with Crippen LogP contribution in [-0.4, -0.2) is 35.0 Å². The van der Waals surface area contributed by atoms with Gasteiger partial charge in [0.15, 0.2) is 0 Å². The molecule has 7 nitrogen and oxygen atoms in total. The number of halogens is 1. The van der Waals surface area contributed by atoms with Crippen molar-refractivity contribution in [3.05, 3.63) is 82.5 Å². The number of carbonyl (C=O) groups excluding carboxylic acids is 2. The van der Waals surface area contributed by atoms with E-state index >= 15 is 0 Å². The van der Waals surface area contributed by atoms with E-state index in [4.69, 9.17) is 10.3 Å². The van der Waals surface area contributed by atoms with Gasteiger partial charge >= 0.3 is 0 Å². The third-order valence-electron chi connectivity index (χ3n) is 5.44. The lowest BCUT2D eigenvalue weighted by Gasteiger charge is -2.32. The van der Waals surface area contributed by atoms with Gasteiger partial charge in [-0.05, 0) is 61.7 Å². The molecule has 0 aliphatic carbocycles. The molecule has 0 saturated carbocycles. The molecule has 0 atom stereocenters. The second kappa shape index (κ2) is 9.95. The molecule has 0 unspecified atom stereocenters. The number of nitrogens with two attached hydrogens (primary N) is 1. The van der Waals surface area contributed by atoms with Gasteiger partial charge in [-0.1, -0.05) is 37.2 Å². The van der Waals surface area contributed by atoms with Crippen LogP contribution >= 0.6 is 0 Å². The number of para-hydroxylation sites is 1. The van der Waals surface area contributed by atoms with E-state index in [2.05, 4.69) is 10.5 Å². The zero-order chi connectivity index (χ0) is 24.2. The Morgan fingerprint density at radius 2 is 1.79 bits per heavy atom. The third kappa shape index (κ3) is 5.84. The van der Waals surface area contributed by atoms with Crippen molar-refractivity contribution >= 4 is 17.5 Å². The van der Waals surface area contributed by atoms with Gasteiger partial charge in [-0.2, -0.15) is 0 Å². The molecule has 0 spiro atoms. The molecule has 2 aromatic carbocycles. The zero-order valence-electron chi connectivity index (χ0n) is 19.3. The molecule has 0 bridgehead atoms. The van der Waals surface area contributed by atoms with Crippen LogP contribution in [0.1, 0.15) is 51.6 Å². The van der Waals surface area contributed by atoms with Crippen LogP contribution in [0.4, 0.5) is 10.1 Å². The predicted molar refractivity (Wildman–Crippen MR) is 124 cm³/mol. The maximum Gasteiger partial charge on any atom is 0.259 e. The number of carbonyl (C=O) groups is 2. The maximum atomic E-state index is 13.5. The smallest absolute Gasteiger partial charge is 0.259 e. The summed E-state index contributed by atoms with van der Waals surface area (Å²) in [6.07, 6.45) is 0. The van der Waals surface area contributed by atoms with Gasteiger partial charge in [0, 0.05) is 24.3 Å². The molecule has 0 saturated heterocycles. The fraction of sp³-hybridized carbons (Fsp3) is 0.320. The molecule has 1 aromatic heterocycles. The molecule has 3 rings (SSSR count). The maximum absolute atomic E-state index is 13.5. The summed E-state index contributed by atoms with van der Waals surface area (Å²) in [5, 5.41) is 6.78. The first kappa shape index (κ1) is 24.1. The molecule has 0 aliphatic heterocycles. The highest BCUT2D eigenvalue weighted by molar-refractivity contribution is 6.04. The summed E-state index contributed by atoms with van der Waals surface area (Å²) in [6, 6.07) is 12.6. The fourth-order valence-corrected chi connectivity index (χ4v) is 3.51. The van der Waals surface area contributed by atoms with Crippen molar-refractivity contribution in [3.63, 3.8) is 0 Å². The van der Waals surface area contributed by atoms with Gasteiger partial charge in [-0.15, -0.1) is 0 Å². The summed E-state index contributed by atoms with van der Waals surface area (Å²) < 4.78 is 18.4. The van der Waals surface area contributed by atoms with Gasteiger partial charge < -0.3 is 20.5 Å². The first-order valence-corrected chi connectivity index (χ1v) is 10.7. The topological polar surface area (TPSA) is 101 Å². The van der Waals surface area contributed by atoms with Crippen molar-refractivity contribution in [3.8, 4) is 0 Å². The number of hydrogen-bond acceptors (Lipinski definition) is 5. The van der Waals surface area contributed by atoms with E-state index < -0.39 is 5.82 Å². The summed E-state index contributed by atoms with van der Waals surface area (Å²) >= 11 is 0. The molecule has 33 heavy (non-hydrogen) atoms. The van der Waals surface area contributed by atoms with Gasteiger partial charge in [0.25, 0.3) is 11.8 Å². The third-order valence-corrected chi connectivity index (χ3v) is 5.44. The summed E-state index contributed by atoms with van der Waals surface area (Å²) in [7, 11) is 0. The van der Waals surface area contributed by atoms with Crippen LogP contribution in [0.5, 0.6) is 0 Å². The average molecular weight is 453 g/mol. The number of aryl methyl sites for hydroxylation is 2. The Hall–Kier alpha value is -3.52. The molecular formula is C25H29FN4O3. The van der Waals surface area contributed by atoms with Crippen molar-refractivity contribution < 1.29 is 18.5 Å². The largest absolute Gasteiger partial charge is 0.361 e. The van der Waals surface area contributed by atoms with Crippen LogP contribution in [0.25, 0.3) is 0 Å². The molecule has 2 amide bonds. The number of nitrogens with one attached hydrogen (secondary N) is 1. The normalized spacial score (nSPS) is 11.3. The number of aromatic nitrogens is 1. The lowest BCUT2D eigenvalue weighted by molar-refractivity contribution is 0.0671. The Balaban J connectivity index is 1.90. The molecule has 0 fully saturated rings. The molecule has 3 N–H and O–H groups in total. The molecule has 0 aliphatic rings. The van der Waals surface area contributed by atoms with Gasteiger partial charge in [-0.25, -0.2) is 4.39 Å². The Kier molecular flexibility index (Phi) is 7.28. The Bertz CT molecular complexity index is 1120. The van der Waals surface area contributed by atoms with Crippen LogP contribution in [0.15, 0.2) is 53.1 Å². The monoisotopic (exact) mass is 452 g/mol. The molecule has 3 aromatic rings. The van der Waals surface area contributed by atoms with Gasteiger partial charge in [-0.3, -0.25) is 9.59 Å². The molecule has 1 heterocycles. The molecule has 8 heteroatoms. The van der Waals surface area contributed by atoms with Crippen LogP contribution in [0.3, 0.4) is 0 Å². The van der Waals surface area contributed by atoms with Crippen molar-refractivity contribution in [1.82, 2.24) is 10.1 Å². The lowest BCUT2D eigenvalue weighted by Crippen LogP contribution is -2.42. The summed E-state index contributed by atoms with van der Waals surface area (Å²) in [5.74, 6) is -0.547. The highest BCUT2D eigenvalue weighted by Crippen LogP contribution is 2.25. The summed E-state index contributed by atoms with van der Waals surface area (Å²) in [4.78, 5) is 27.9. The molecule has 174 valence electrons. The number of rotatable bonds is 8. The zero-order valence-corrected chi connectivity index (χ0v) is 19.3. The minimum atomic E-state index is -0.414. The average Bonchev–Trinajstić information content (AvgIpc) is 3.12. The Labute approximate surface area is 192 Å². The number of hydrogen-bond donors (Lipinski definition) is 2. The van der Waals surface area contributed by atoms with Crippen molar-refractivity contribution in [1.29, 1.82) is 0 Å². The van der Waals surface area contributed by atoms with E-state index in [9.17, 15) is 14.0 Å². The number of benzene rings is 2. The summed E-state index contributed by atoms with van der Waals surface area (Å²) in [5.41, 5.74) is 8.21. The first-order valence-electron chi connectivity index (χ1n) is 10.7. The van der Waals surface area contributed by atoms with Crippen LogP contribution in [0, 0.1) is 25.1 Å². The molecular weight excluding hydrogens is 423 g/mol. The number of anilines is 1. The van der Waals surface area contributed by atoms with Crippen molar-refractivity contribution in [2.45, 2.75) is 34.2 Å². The molecule has 0 radical (unpaired) electrons. The standard InChI is InChI=1S/C25H29FN4O3/c1-16-22(17(2)33-29-16)24(32)30(15-25(3,4)14-27)13-19-7-5-6-8-21(19)28-23(31)18-9-11-20(26)12-10-18/h5-12H,13-15,27H2,1-4H3,(H,28,31). The minimum Gasteiger partial charge on any atom is -0.361 e. The SMILES string of the molecule is Cc1noc(C)c1C(=O)N(Cc1ccccc1NC(=O)c1ccc(F)cc1)CC(C)(C)CN. The van der Waals surface area contributed by atoms with Crippen LogP contribution in [-0.2, 0) is 6.54 Å². The van der Waals surface area contributed by atoms with Crippen molar-refractivity contribution in [2.24, 2.45) is 11.1 Å². The second-order valence-corrected chi connectivity index (χ2v) is 8.85. The van der Waals surface area contributed by atoms with Gasteiger partial charge in [0.2, 0.25) is 0 Å². The van der Waals surface area contributed by atoms with E-state index in [0.717, 1.165) is 5.56 Å². The summed E-state index contributed by atoms with van der Waals surface area (Å²) in [6.45, 7) is 8.44. The van der Waals surface area contributed by atoms with Crippen molar-refractivity contribution in [2.75, 3.05) is 18.4 Å². The van der Waals surface area contributed by atoms with Crippen LogP contribution < -0.4 is 11.1 Å². The van der Waals surface area contributed by atoms with Crippen LogP contribution in [0.2, 0.25) is 0 Å². The highest BCUT2D eigenvalue weighted by Gasteiger charge is 2.29. The van der Waals surface area contributed by atoms with E-state index in [1.807, 2.05) is 26.0 Å².